The second kappa shape index (κ2) is 51.6. The molecule has 0 aliphatic heterocycles. The van der Waals surface area contributed by atoms with Gasteiger partial charge in [0.15, 0.2) is 0 Å². The Hall–Kier alpha value is -6.90. The van der Waals surface area contributed by atoms with Crippen molar-refractivity contribution in [1.29, 1.82) is 0 Å². The largest absolute Gasteiger partial charge is 0.448 e. The first-order valence-corrected chi connectivity index (χ1v) is 36.0. The minimum Gasteiger partial charge on any atom is -0.427 e. The van der Waals surface area contributed by atoms with Crippen LogP contribution in [0.3, 0.4) is 0 Å². The number of alkyl halides is 1. The standard InChI is InChI=1S/2C17H12.2C13H10.C5H13N.C4H10BrN.8C2H6.CH5BO2/c2*1-2-9-15-13(5-1)11-14-8-3-6-12-7-4-10-16(15)17(12)14;2*1-3-7-12-10(5-1)9-11-6-2-4-8-13(11)12;1-4-6(3)5-2;1-3-6(2)4-5;8*1-2;1-2(3)4/h2*1-10H,11H2;2*1-8H,9H2;4-5H2,1-3H3;3-4H2,1-2H3;8*1-2H3;3-4H,1H3. The minimum atomic E-state index is -1.17. The third kappa shape index (κ3) is 25.9. The van der Waals surface area contributed by atoms with Crippen LogP contribution in [0.2, 0.25) is 6.82 Å². The van der Waals surface area contributed by atoms with Crippen molar-refractivity contribution in [2.75, 3.05) is 39.2 Å². The summed E-state index contributed by atoms with van der Waals surface area (Å²) in [5, 5.41) is 20.8. The molecule has 0 aromatic heterocycles. The van der Waals surface area contributed by atoms with Gasteiger partial charge in [-0.25, -0.2) is 0 Å². The lowest BCUT2D eigenvalue weighted by Gasteiger charge is -2.20. The number of hydrogen-bond acceptors (Lipinski definition) is 4. The Kier molecular flexibility index (Phi) is 47.7. The van der Waals surface area contributed by atoms with Gasteiger partial charge >= 0.3 is 7.12 Å². The third-order valence-electron chi connectivity index (χ3n) is 14.6. The lowest BCUT2D eigenvalue weighted by atomic mass is 9.84. The van der Waals surface area contributed by atoms with Crippen LogP contribution >= 0.6 is 15.9 Å². The molecule has 0 bridgehead atoms. The van der Waals surface area contributed by atoms with E-state index >= 15 is 0 Å². The quantitative estimate of drug-likeness (QED) is 0.105. The zero-order chi connectivity index (χ0) is 69.4. The molecule has 10 aromatic carbocycles. The molecule has 4 aliphatic rings. The molecule has 0 saturated carbocycles. The highest BCUT2D eigenvalue weighted by Crippen LogP contribution is 2.41. The third-order valence-corrected chi connectivity index (χ3v) is 15.5. The van der Waals surface area contributed by atoms with Crippen LogP contribution in [0.1, 0.15) is 176 Å². The summed E-state index contributed by atoms with van der Waals surface area (Å²) in [6.07, 6.45) is 4.33. The molecule has 4 nitrogen and oxygen atoms in total. The SMILES string of the molecule is CB(O)O.CC.CC.CC.CC.CC.CC.CC.CC.CCN(C)CBr.CCN(C)CC.c1ccc2c(c1)Cc1cccc3cccc-2c13.c1ccc2c(c1)Cc1cccc3cccc-2c13.c1ccc2c(c1)Cc1ccccc1-2.c1ccc2c(c1)Cc1ccccc1-2. The van der Waals surface area contributed by atoms with Crippen molar-refractivity contribution in [3.05, 3.63) is 263 Å². The monoisotopic (exact) mass is 1300 g/mol. The van der Waals surface area contributed by atoms with Gasteiger partial charge in [-0.05, 0) is 177 Å². The molecule has 14 rings (SSSR count). The van der Waals surface area contributed by atoms with Gasteiger partial charge in [-0.2, -0.15) is 0 Å². The molecule has 496 valence electrons. The summed E-state index contributed by atoms with van der Waals surface area (Å²) in [5.74, 6) is 0. The molecule has 0 saturated heterocycles. The van der Waals surface area contributed by atoms with Gasteiger partial charge in [0, 0.05) is 0 Å². The Morgan fingerprint density at radius 1 is 0.283 bits per heavy atom. The van der Waals surface area contributed by atoms with E-state index < -0.39 is 7.12 Å². The van der Waals surface area contributed by atoms with E-state index in [2.05, 4.69) is 279 Å². The van der Waals surface area contributed by atoms with Gasteiger partial charge in [-0.15, -0.1) is 0 Å². The van der Waals surface area contributed by atoms with Gasteiger partial charge in [0.05, 0.1) is 5.45 Å². The Labute approximate surface area is 571 Å². The van der Waals surface area contributed by atoms with Crippen LogP contribution in [-0.2, 0) is 25.7 Å². The van der Waals surface area contributed by atoms with Crippen molar-refractivity contribution in [2.45, 2.75) is 164 Å². The summed E-state index contributed by atoms with van der Waals surface area (Å²) in [4.78, 5) is 4.42. The number of fused-ring (bicyclic) bond motifs is 10. The molecule has 6 heteroatoms. The molecule has 0 atom stereocenters. The first-order valence-electron chi connectivity index (χ1n) is 34.9. The molecule has 0 heterocycles. The van der Waals surface area contributed by atoms with Crippen molar-refractivity contribution in [3.8, 4) is 44.5 Å². The number of benzene rings is 10. The van der Waals surface area contributed by atoms with Crippen LogP contribution in [0.25, 0.3) is 66.1 Å². The van der Waals surface area contributed by atoms with Gasteiger partial charge in [0.2, 0.25) is 0 Å². The fourth-order valence-electron chi connectivity index (χ4n) is 10.3. The van der Waals surface area contributed by atoms with Crippen molar-refractivity contribution in [2.24, 2.45) is 0 Å². The Bertz CT molecular complexity index is 3160. The summed E-state index contributed by atoms with van der Waals surface area (Å²) in [5.41, 5.74) is 23.9. The average molecular weight is 1300 g/mol. The zero-order valence-corrected chi connectivity index (χ0v) is 62.8. The molecule has 0 fully saturated rings. The Balaban J connectivity index is 0.00000105. The number of rotatable bonds is 4. The molecule has 0 radical (unpaired) electrons. The molecule has 2 N–H and O–H groups in total. The lowest BCUT2D eigenvalue weighted by Crippen LogP contribution is -2.15. The highest BCUT2D eigenvalue weighted by atomic mass is 79.9. The van der Waals surface area contributed by atoms with Crippen molar-refractivity contribution in [3.63, 3.8) is 0 Å². The zero-order valence-electron chi connectivity index (χ0n) is 61.2. The van der Waals surface area contributed by atoms with E-state index in [9.17, 15) is 0 Å². The second-order valence-corrected chi connectivity index (χ2v) is 20.2. The predicted molar refractivity (Wildman–Crippen MR) is 422 cm³/mol. The highest BCUT2D eigenvalue weighted by molar-refractivity contribution is 9.09. The second-order valence-electron chi connectivity index (χ2n) is 19.7. The van der Waals surface area contributed by atoms with E-state index in [4.69, 9.17) is 10.0 Å². The van der Waals surface area contributed by atoms with Crippen molar-refractivity contribution >= 4 is 44.6 Å². The molecule has 10 aromatic rings. The fraction of sp³-hybridized carbons (Fsp3) is 0.349. The van der Waals surface area contributed by atoms with Gasteiger partial charge in [-0.1, -0.05) is 366 Å². The van der Waals surface area contributed by atoms with Crippen LogP contribution in [0.4, 0.5) is 0 Å². The predicted octanol–water partition coefficient (Wildman–Crippen LogP) is 24.9. The first kappa shape index (κ1) is 85.1. The Morgan fingerprint density at radius 2 is 0.457 bits per heavy atom. The maximum atomic E-state index is 7.61. The maximum absolute atomic E-state index is 7.61. The molecule has 0 amide bonds. The molecular weight excluding hydrogens is 1180 g/mol. The summed E-state index contributed by atoms with van der Waals surface area (Å²) in [7, 11) is 3.01. The van der Waals surface area contributed by atoms with E-state index in [0.29, 0.717) is 0 Å². The van der Waals surface area contributed by atoms with Gasteiger partial charge in [0.1, 0.15) is 0 Å². The van der Waals surface area contributed by atoms with Gasteiger partial charge in [0.25, 0.3) is 0 Å². The summed E-state index contributed by atoms with van der Waals surface area (Å²) < 4.78 is 0. The van der Waals surface area contributed by atoms with Crippen LogP contribution in [0, 0.1) is 0 Å². The smallest absolute Gasteiger partial charge is 0.427 e. The van der Waals surface area contributed by atoms with Crippen LogP contribution in [-0.4, -0.2) is 66.1 Å². The van der Waals surface area contributed by atoms with E-state index in [1.54, 1.807) is 0 Å². The molecule has 92 heavy (non-hydrogen) atoms. The summed E-state index contributed by atoms with van der Waals surface area (Å²) >= 11 is 3.30. The van der Waals surface area contributed by atoms with Crippen molar-refractivity contribution < 1.29 is 10.0 Å². The average Bonchev–Trinajstić information content (AvgIpc) is 1.22. The Morgan fingerprint density at radius 3 is 0.652 bits per heavy atom. The minimum absolute atomic E-state index is 0.976. The van der Waals surface area contributed by atoms with E-state index in [0.717, 1.165) is 50.8 Å². The van der Waals surface area contributed by atoms with E-state index in [-0.39, 0.29) is 0 Å². The molecule has 0 unspecified atom stereocenters. The maximum Gasteiger partial charge on any atom is 0.448 e. The number of nitrogens with zero attached hydrogens (tertiary/aromatic N) is 2. The van der Waals surface area contributed by atoms with Crippen LogP contribution < -0.4 is 0 Å². The van der Waals surface area contributed by atoms with Crippen LogP contribution in [0.15, 0.2) is 218 Å². The van der Waals surface area contributed by atoms with E-state index in [1.807, 2.05) is 111 Å². The fourth-order valence-corrected chi connectivity index (χ4v) is 10.7. The topological polar surface area (TPSA) is 46.9 Å². The molecule has 0 spiro atoms. The molecule has 4 aliphatic carbocycles. The highest BCUT2D eigenvalue weighted by Gasteiger charge is 2.20. The number of halogens is 1. The van der Waals surface area contributed by atoms with Gasteiger partial charge < -0.3 is 14.9 Å². The molecular formula is C86H120BBrN2O2. The summed E-state index contributed by atoms with van der Waals surface area (Å²) in [6, 6.07) is 78.5. The number of hydrogen-bond donors (Lipinski definition) is 2. The first-order chi connectivity index (χ1) is 45.1. The lowest BCUT2D eigenvalue weighted by molar-refractivity contribution is 0.373. The van der Waals surface area contributed by atoms with Crippen molar-refractivity contribution in [1.82, 2.24) is 9.80 Å². The summed E-state index contributed by atoms with van der Waals surface area (Å²) in [6.45, 7) is 43.2. The van der Waals surface area contributed by atoms with E-state index in [1.165, 1.54) is 117 Å². The van der Waals surface area contributed by atoms with Crippen LogP contribution in [0.5, 0.6) is 0 Å². The normalized spacial score (nSPS) is 10.2. The van der Waals surface area contributed by atoms with Gasteiger partial charge in [-0.3, -0.25) is 4.90 Å².